The number of carbonyl (C=O) groups is 1. The van der Waals surface area contributed by atoms with Gasteiger partial charge in [-0.1, -0.05) is 18.2 Å². The summed E-state index contributed by atoms with van der Waals surface area (Å²) in [6.07, 6.45) is 0.925. The molecule has 0 radical (unpaired) electrons. The summed E-state index contributed by atoms with van der Waals surface area (Å²) in [6.45, 7) is 0. The molecule has 0 aliphatic carbocycles. The fraction of sp³-hybridized carbons (Fsp3) is 0.286. The van der Waals surface area contributed by atoms with E-state index in [4.69, 9.17) is 4.74 Å². The normalized spacial score (nSPS) is 10.2. The van der Waals surface area contributed by atoms with Crippen LogP contribution >= 0.6 is 11.3 Å². The molecule has 0 amide bonds. The first-order valence-corrected chi connectivity index (χ1v) is 6.73. The van der Waals surface area contributed by atoms with Gasteiger partial charge in [0.25, 0.3) is 0 Å². The van der Waals surface area contributed by atoms with Gasteiger partial charge in [0.2, 0.25) is 0 Å². The number of carbonyl (C=O) groups excluding carboxylic acids is 1. The van der Waals surface area contributed by atoms with Crippen LogP contribution in [-0.2, 0) is 22.4 Å². The van der Waals surface area contributed by atoms with E-state index in [1.165, 1.54) is 7.11 Å². The molecule has 0 N–H and O–H groups in total. The van der Waals surface area contributed by atoms with Gasteiger partial charge in [-0.05, 0) is 6.07 Å². The standard InChI is InChI=1S/C14H15NO3S/c1-17-12-6-4-3-5-10(12)7-13-15-11(9-19-13)8-14(16)18-2/h3-6,9H,7-8H2,1-2H3. The lowest BCUT2D eigenvalue weighted by molar-refractivity contribution is -0.139. The molecule has 100 valence electrons. The maximum Gasteiger partial charge on any atom is 0.311 e. The second-order valence-electron chi connectivity index (χ2n) is 3.97. The quantitative estimate of drug-likeness (QED) is 0.788. The van der Waals surface area contributed by atoms with Crippen LogP contribution in [0, 0.1) is 0 Å². The molecule has 0 fully saturated rings. The zero-order chi connectivity index (χ0) is 13.7. The Kier molecular flexibility index (Phi) is 4.52. The third kappa shape index (κ3) is 3.54. The molecule has 0 aliphatic rings. The molecule has 1 aromatic carbocycles. The summed E-state index contributed by atoms with van der Waals surface area (Å²) in [6, 6.07) is 7.85. The average molecular weight is 277 g/mol. The molecule has 0 spiro atoms. The van der Waals surface area contributed by atoms with E-state index in [2.05, 4.69) is 9.72 Å². The Morgan fingerprint density at radius 2 is 2.11 bits per heavy atom. The highest BCUT2D eigenvalue weighted by molar-refractivity contribution is 7.09. The molecule has 5 heteroatoms. The maximum absolute atomic E-state index is 11.2. The molecule has 4 nitrogen and oxygen atoms in total. The number of aromatic nitrogens is 1. The van der Waals surface area contributed by atoms with Crippen molar-refractivity contribution in [1.29, 1.82) is 0 Å². The van der Waals surface area contributed by atoms with Crippen LogP contribution in [0.25, 0.3) is 0 Å². The van der Waals surface area contributed by atoms with E-state index < -0.39 is 0 Å². The molecular weight excluding hydrogens is 262 g/mol. The van der Waals surface area contributed by atoms with Gasteiger partial charge in [0, 0.05) is 17.4 Å². The Bertz CT molecular complexity index is 565. The second kappa shape index (κ2) is 6.33. The van der Waals surface area contributed by atoms with E-state index in [9.17, 15) is 4.79 Å². The molecule has 19 heavy (non-hydrogen) atoms. The molecule has 0 aliphatic heterocycles. The predicted octanol–water partition coefficient (Wildman–Crippen LogP) is 2.46. The molecule has 1 aromatic heterocycles. The van der Waals surface area contributed by atoms with Gasteiger partial charge in [0.15, 0.2) is 0 Å². The van der Waals surface area contributed by atoms with E-state index in [-0.39, 0.29) is 12.4 Å². The van der Waals surface area contributed by atoms with Crippen molar-refractivity contribution in [2.45, 2.75) is 12.8 Å². The number of nitrogens with zero attached hydrogens (tertiary/aromatic N) is 1. The van der Waals surface area contributed by atoms with Gasteiger partial charge in [-0.2, -0.15) is 0 Å². The minimum Gasteiger partial charge on any atom is -0.496 e. The van der Waals surface area contributed by atoms with E-state index in [0.717, 1.165) is 22.0 Å². The summed E-state index contributed by atoms with van der Waals surface area (Å²) in [5.41, 5.74) is 1.84. The Hall–Kier alpha value is -1.88. The van der Waals surface area contributed by atoms with Gasteiger partial charge in [0.1, 0.15) is 5.75 Å². The van der Waals surface area contributed by atoms with Gasteiger partial charge in [-0.25, -0.2) is 4.98 Å². The largest absolute Gasteiger partial charge is 0.496 e. The summed E-state index contributed by atoms with van der Waals surface area (Å²) in [4.78, 5) is 15.6. The van der Waals surface area contributed by atoms with E-state index in [1.54, 1.807) is 18.4 Å². The smallest absolute Gasteiger partial charge is 0.311 e. The van der Waals surface area contributed by atoms with E-state index in [1.807, 2.05) is 29.6 Å². The summed E-state index contributed by atoms with van der Waals surface area (Å²) < 4.78 is 9.93. The van der Waals surface area contributed by atoms with Gasteiger partial charge >= 0.3 is 5.97 Å². The molecule has 2 aromatic rings. The molecule has 0 saturated heterocycles. The summed E-state index contributed by atoms with van der Waals surface area (Å²) in [7, 11) is 3.04. The monoisotopic (exact) mass is 277 g/mol. The van der Waals surface area contributed by atoms with Gasteiger partial charge in [-0.15, -0.1) is 11.3 Å². The first-order valence-electron chi connectivity index (χ1n) is 5.85. The van der Waals surface area contributed by atoms with Crippen molar-refractivity contribution in [3.05, 3.63) is 45.9 Å². The van der Waals surface area contributed by atoms with Crippen molar-refractivity contribution in [2.24, 2.45) is 0 Å². The molecular formula is C14H15NO3S. The number of esters is 1. The highest BCUT2D eigenvalue weighted by atomic mass is 32.1. The lowest BCUT2D eigenvalue weighted by Crippen LogP contribution is -2.04. The first kappa shape index (κ1) is 13.5. The minimum atomic E-state index is -0.269. The van der Waals surface area contributed by atoms with Gasteiger partial charge in [0.05, 0.1) is 31.3 Å². The van der Waals surface area contributed by atoms with Crippen LogP contribution in [0.3, 0.4) is 0 Å². The average Bonchev–Trinajstić information content (AvgIpc) is 2.86. The topological polar surface area (TPSA) is 48.4 Å². The third-order valence-corrected chi connectivity index (χ3v) is 3.58. The van der Waals surface area contributed by atoms with Crippen LogP contribution in [0.4, 0.5) is 0 Å². The molecule has 1 heterocycles. The number of para-hydroxylation sites is 1. The minimum absolute atomic E-state index is 0.221. The number of benzene rings is 1. The Balaban J connectivity index is 2.09. The van der Waals surface area contributed by atoms with Crippen LogP contribution in [0.2, 0.25) is 0 Å². The number of methoxy groups -OCH3 is 2. The van der Waals surface area contributed by atoms with Gasteiger partial charge in [-0.3, -0.25) is 4.79 Å². The van der Waals surface area contributed by atoms with E-state index >= 15 is 0 Å². The Morgan fingerprint density at radius 1 is 1.32 bits per heavy atom. The lowest BCUT2D eigenvalue weighted by Gasteiger charge is -2.05. The maximum atomic E-state index is 11.2. The number of thiazole rings is 1. The number of hydrogen-bond donors (Lipinski definition) is 0. The zero-order valence-corrected chi connectivity index (χ0v) is 11.7. The summed E-state index contributed by atoms with van der Waals surface area (Å²) >= 11 is 1.54. The van der Waals surface area contributed by atoms with Crippen molar-refractivity contribution in [3.8, 4) is 5.75 Å². The molecule has 0 bridgehead atoms. The summed E-state index contributed by atoms with van der Waals surface area (Å²) in [5, 5.41) is 2.85. The van der Waals surface area contributed by atoms with Gasteiger partial charge < -0.3 is 9.47 Å². The third-order valence-electron chi connectivity index (χ3n) is 2.69. The molecule has 0 unspecified atom stereocenters. The second-order valence-corrected chi connectivity index (χ2v) is 4.92. The van der Waals surface area contributed by atoms with Crippen molar-refractivity contribution < 1.29 is 14.3 Å². The predicted molar refractivity (Wildman–Crippen MR) is 73.6 cm³/mol. The lowest BCUT2D eigenvalue weighted by atomic mass is 10.1. The first-order chi connectivity index (χ1) is 9.22. The fourth-order valence-corrected chi connectivity index (χ4v) is 2.56. The molecule has 0 atom stereocenters. The SMILES string of the molecule is COC(=O)Cc1csc(Cc2ccccc2OC)n1. The highest BCUT2D eigenvalue weighted by Gasteiger charge is 2.09. The Morgan fingerprint density at radius 3 is 2.84 bits per heavy atom. The summed E-state index contributed by atoms with van der Waals surface area (Å²) in [5.74, 6) is 0.585. The van der Waals surface area contributed by atoms with Crippen molar-refractivity contribution in [2.75, 3.05) is 14.2 Å². The van der Waals surface area contributed by atoms with Crippen molar-refractivity contribution in [1.82, 2.24) is 4.98 Å². The van der Waals surface area contributed by atoms with Crippen LogP contribution in [0.5, 0.6) is 5.75 Å². The van der Waals surface area contributed by atoms with Crippen LogP contribution in [0.1, 0.15) is 16.3 Å². The van der Waals surface area contributed by atoms with E-state index in [0.29, 0.717) is 6.42 Å². The van der Waals surface area contributed by atoms with Crippen molar-refractivity contribution >= 4 is 17.3 Å². The van der Waals surface area contributed by atoms with Crippen LogP contribution in [0.15, 0.2) is 29.6 Å². The number of rotatable bonds is 5. The number of ether oxygens (including phenoxy) is 2. The van der Waals surface area contributed by atoms with Crippen LogP contribution < -0.4 is 4.74 Å². The van der Waals surface area contributed by atoms with Crippen LogP contribution in [-0.4, -0.2) is 25.2 Å². The highest BCUT2D eigenvalue weighted by Crippen LogP contribution is 2.22. The Labute approximate surface area is 116 Å². The fourth-order valence-electron chi connectivity index (χ4n) is 1.74. The zero-order valence-electron chi connectivity index (χ0n) is 10.9. The molecule has 2 rings (SSSR count). The van der Waals surface area contributed by atoms with Crippen molar-refractivity contribution in [3.63, 3.8) is 0 Å². The number of hydrogen-bond acceptors (Lipinski definition) is 5. The molecule has 0 saturated carbocycles.